The Kier molecular flexibility index (Phi) is 3.62. The van der Waals surface area contributed by atoms with Crippen molar-refractivity contribution in [2.45, 2.75) is 32.2 Å². The summed E-state index contributed by atoms with van der Waals surface area (Å²) in [6, 6.07) is 8.84. The molecule has 1 fully saturated rings. The summed E-state index contributed by atoms with van der Waals surface area (Å²) >= 11 is 0. The Labute approximate surface area is 97.8 Å². The van der Waals surface area contributed by atoms with Crippen LogP contribution in [0.3, 0.4) is 0 Å². The standard InChI is InChI=1S/C14H21NO/c1-10(2)11-3-5-12(6-4-11)14(15)13-7-8-16-9-13/h3-6,10,13-14H,7-9,15H2,1-2H3. The molecule has 1 saturated heterocycles. The molecule has 88 valence electrons. The monoisotopic (exact) mass is 219 g/mol. The van der Waals surface area contributed by atoms with Crippen molar-refractivity contribution >= 4 is 0 Å². The summed E-state index contributed by atoms with van der Waals surface area (Å²) in [6.45, 7) is 6.09. The van der Waals surface area contributed by atoms with Crippen molar-refractivity contribution in [3.05, 3.63) is 35.4 Å². The highest BCUT2D eigenvalue weighted by molar-refractivity contribution is 5.27. The number of benzene rings is 1. The number of nitrogens with two attached hydrogens (primary N) is 1. The second kappa shape index (κ2) is 4.98. The topological polar surface area (TPSA) is 35.2 Å². The molecule has 2 rings (SSSR count). The molecule has 0 bridgehead atoms. The summed E-state index contributed by atoms with van der Waals surface area (Å²) < 4.78 is 5.38. The van der Waals surface area contributed by atoms with Gasteiger partial charge in [-0.2, -0.15) is 0 Å². The molecule has 1 aliphatic rings. The predicted molar refractivity (Wildman–Crippen MR) is 66.4 cm³/mol. The van der Waals surface area contributed by atoms with Crippen molar-refractivity contribution in [1.82, 2.24) is 0 Å². The Morgan fingerprint density at radius 1 is 1.19 bits per heavy atom. The lowest BCUT2D eigenvalue weighted by atomic mass is 9.91. The highest BCUT2D eigenvalue weighted by Gasteiger charge is 2.23. The van der Waals surface area contributed by atoms with Crippen LogP contribution in [-0.4, -0.2) is 13.2 Å². The second-order valence-electron chi connectivity index (χ2n) is 4.97. The molecule has 0 saturated carbocycles. The fourth-order valence-corrected chi connectivity index (χ4v) is 2.21. The summed E-state index contributed by atoms with van der Waals surface area (Å²) in [7, 11) is 0. The van der Waals surface area contributed by atoms with E-state index in [2.05, 4.69) is 38.1 Å². The summed E-state index contributed by atoms with van der Waals surface area (Å²) in [6.07, 6.45) is 1.09. The predicted octanol–water partition coefficient (Wildman–Crippen LogP) is 2.85. The van der Waals surface area contributed by atoms with E-state index in [1.807, 2.05) is 0 Å². The molecule has 2 heteroatoms. The van der Waals surface area contributed by atoms with E-state index in [1.54, 1.807) is 0 Å². The van der Waals surface area contributed by atoms with Gasteiger partial charge in [0.25, 0.3) is 0 Å². The molecule has 2 unspecified atom stereocenters. The lowest BCUT2D eigenvalue weighted by molar-refractivity contribution is 0.181. The Balaban J connectivity index is 2.08. The highest BCUT2D eigenvalue weighted by Crippen LogP contribution is 2.27. The van der Waals surface area contributed by atoms with Gasteiger partial charge in [0, 0.05) is 18.6 Å². The van der Waals surface area contributed by atoms with E-state index in [0.717, 1.165) is 19.6 Å². The second-order valence-corrected chi connectivity index (χ2v) is 4.97. The van der Waals surface area contributed by atoms with Crippen LogP contribution in [0.4, 0.5) is 0 Å². The van der Waals surface area contributed by atoms with Gasteiger partial charge in [-0.25, -0.2) is 0 Å². The number of ether oxygens (including phenoxy) is 1. The SMILES string of the molecule is CC(C)c1ccc(C(N)C2CCOC2)cc1. The van der Waals surface area contributed by atoms with Crippen LogP contribution in [0, 0.1) is 5.92 Å². The fraction of sp³-hybridized carbons (Fsp3) is 0.571. The largest absolute Gasteiger partial charge is 0.381 e. The lowest BCUT2D eigenvalue weighted by Gasteiger charge is -2.18. The van der Waals surface area contributed by atoms with Gasteiger partial charge >= 0.3 is 0 Å². The van der Waals surface area contributed by atoms with Gasteiger partial charge in [-0.3, -0.25) is 0 Å². The van der Waals surface area contributed by atoms with Crippen molar-refractivity contribution in [3.63, 3.8) is 0 Å². The molecule has 16 heavy (non-hydrogen) atoms. The van der Waals surface area contributed by atoms with Crippen molar-refractivity contribution < 1.29 is 4.74 Å². The molecule has 2 atom stereocenters. The van der Waals surface area contributed by atoms with Crippen LogP contribution < -0.4 is 5.73 Å². The summed E-state index contributed by atoms with van der Waals surface area (Å²) in [5, 5.41) is 0. The van der Waals surface area contributed by atoms with Crippen LogP contribution in [0.2, 0.25) is 0 Å². The summed E-state index contributed by atoms with van der Waals surface area (Å²) in [4.78, 5) is 0. The lowest BCUT2D eigenvalue weighted by Crippen LogP contribution is -2.21. The smallest absolute Gasteiger partial charge is 0.0513 e. The first-order valence-electron chi connectivity index (χ1n) is 6.11. The van der Waals surface area contributed by atoms with Crippen LogP contribution in [0.1, 0.15) is 43.4 Å². The van der Waals surface area contributed by atoms with Gasteiger partial charge in [-0.1, -0.05) is 38.1 Å². The zero-order valence-electron chi connectivity index (χ0n) is 10.1. The van der Waals surface area contributed by atoms with E-state index < -0.39 is 0 Å². The molecule has 0 aromatic heterocycles. The fourth-order valence-electron chi connectivity index (χ4n) is 2.21. The van der Waals surface area contributed by atoms with E-state index in [4.69, 9.17) is 10.5 Å². The van der Waals surface area contributed by atoms with Gasteiger partial charge < -0.3 is 10.5 Å². The molecule has 2 N–H and O–H groups in total. The molecule has 2 nitrogen and oxygen atoms in total. The third-order valence-electron chi connectivity index (χ3n) is 3.46. The van der Waals surface area contributed by atoms with Gasteiger partial charge in [0.1, 0.15) is 0 Å². The maximum absolute atomic E-state index is 6.25. The van der Waals surface area contributed by atoms with Gasteiger partial charge in [-0.15, -0.1) is 0 Å². The Bertz CT molecular complexity index is 325. The van der Waals surface area contributed by atoms with Gasteiger partial charge in [-0.05, 0) is 23.5 Å². The Hall–Kier alpha value is -0.860. The first-order chi connectivity index (χ1) is 7.68. The zero-order chi connectivity index (χ0) is 11.5. The molecule has 1 aliphatic heterocycles. The van der Waals surface area contributed by atoms with E-state index in [1.165, 1.54) is 11.1 Å². The van der Waals surface area contributed by atoms with Gasteiger partial charge in [0.15, 0.2) is 0 Å². The normalized spacial score (nSPS) is 22.6. The average Bonchev–Trinajstić information content (AvgIpc) is 2.81. The molecule has 1 heterocycles. The molecule has 0 radical (unpaired) electrons. The van der Waals surface area contributed by atoms with Crippen molar-refractivity contribution in [2.75, 3.05) is 13.2 Å². The summed E-state index contributed by atoms with van der Waals surface area (Å²) in [5.74, 6) is 1.07. The minimum Gasteiger partial charge on any atom is -0.381 e. The van der Waals surface area contributed by atoms with Crippen molar-refractivity contribution in [3.8, 4) is 0 Å². The third kappa shape index (κ3) is 2.45. The molecule has 1 aromatic carbocycles. The molecule has 0 aliphatic carbocycles. The van der Waals surface area contributed by atoms with E-state index in [9.17, 15) is 0 Å². The zero-order valence-corrected chi connectivity index (χ0v) is 10.1. The third-order valence-corrected chi connectivity index (χ3v) is 3.46. The van der Waals surface area contributed by atoms with Crippen LogP contribution in [0.5, 0.6) is 0 Å². The van der Waals surface area contributed by atoms with E-state index in [0.29, 0.717) is 11.8 Å². The van der Waals surface area contributed by atoms with Crippen LogP contribution >= 0.6 is 0 Å². The molecule has 0 amide bonds. The van der Waals surface area contributed by atoms with E-state index >= 15 is 0 Å². The Morgan fingerprint density at radius 3 is 2.31 bits per heavy atom. The number of rotatable bonds is 3. The first-order valence-corrected chi connectivity index (χ1v) is 6.11. The Morgan fingerprint density at radius 2 is 1.81 bits per heavy atom. The summed E-state index contributed by atoms with van der Waals surface area (Å²) in [5.41, 5.74) is 8.86. The van der Waals surface area contributed by atoms with Gasteiger partial charge in [0.05, 0.1) is 6.61 Å². The van der Waals surface area contributed by atoms with Crippen molar-refractivity contribution in [2.24, 2.45) is 11.7 Å². The highest BCUT2D eigenvalue weighted by atomic mass is 16.5. The molecular formula is C14H21NO. The molecule has 0 spiro atoms. The molecule has 1 aromatic rings. The minimum atomic E-state index is 0.128. The quantitative estimate of drug-likeness (QED) is 0.848. The minimum absolute atomic E-state index is 0.128. The molecular weight excluding hydrogens is 198 g/mol. The van der Waals surface area contributed by atoms with Crippen LogP contribution in [0.25, 0.3) is 0 Å². The van der Waals surface area contributed by atoms with Crippen LogP contribution in [-0.2, 0) is 4.74 Å². The first kappa shape index (κ1) is 11.6. The van der Waals surface area contributed by atoms with Crippen molar-refractivity contribution in [1.29, 1.82) is 0 Å². The van der Waals surface area contributed by atoms with Gasteiger partial charge in [0.2, 0.25) is 0 Å². The van der Waals surface area contributed by atoms with E-state index in [-0.39, 0.29) is 6.04 Å². The maximum Gasteiger partial charge on any atom is 0.0513 e. The maximum atomic E-state index is 6.25. The number of hydrogen-bond donors (Lipinski definition) is 1. The average molecular weight is 219 g/mol. The van der Waals surface area contributed by atoms with Crippen LogP contribution in [0.15, 0.2) is 24.3 Å². The number of hydrogen-bond acceptors (Lipinski definition) is 2.